The molecule has 0 aliphatic rings. The summed E-state index contributed by atoms with van der Waals surface area (Å²) in [6.45, 7) is 5.77. The van der Waals surface area contributed by atoms with Crippen molar-refractivity contribution in [3.8, 4) is 0 Å². The van der Waals surface area contributed by atoms with Crippen LogP contribution in [-0.2, 0) is 0 Å². The molecule has 2 aromatic heterocycles. The Morgan fingerprint density at radius 2 is 2.21 bits per heavy atom. The number of aromatic amines is 1. The highest BCUT2D eigenvalue weighted by atomic mass is 16.1. The predicted octanol–water partition coefficient (Wildman–Crippen LogP) is 1.01. The molecule has 0 radical (unpaired) electrons. The van der Waals surface area contributed by atoms with Crippen LogP contribution in [0.15, 0.2) is 11.0 Å². The number of aromatic nitrogens is 4. The van der Waals surface area contributed by atoms with Gasteiger partial charge in [-0.05, 0) is 20.8 Å². The molecule has 0 spiro atoms. The molecule has 2 heterocycles. The first-order valence-electron chi connectivity index (χ1n) is 4.53. The van der Waals surface area contributed by atoms with Crippen molar-refractivity contribution in [2.75, 3.05) is 0 Å². The van der Waals surface area contributed by atoms with Crippen LogP contribution in [0.2, 0.25) is 0 Å². The van der Waals surface area contributed by atoms with Crippen LogP contribution in [-0.4, -0.2) is 19.7 Å². The van der Waals surface area contributed by atoms with E-state index in [9.17, 15) is 4.79 Å². The van der Waals surface area contributed by atoms with Crippen molar-refractivity contribution in [3.63, 3.8) is 0 Å². The summed E-state index contributed by atoms with van der Waals surface area (Å²) in [5.74, 6) is 0.616. The first kappa shape index (κ1) is 8.93. The van der Waals surface area contributed by atoms with Gasteiger partial charge in [0.05, 0.1) is 6.20 Å². The third-order valence-corrected chi connectivity index (χ3v) is 2.07. The summed E-state index contributed by atoms with van der Waals surface area (Å²) in [6, 6.07) is 0.209. The van der Waals surface area contributed by atoms with Crippen LogP contribution in [0, 0.1) is 6.92 Å². The van der Waals surface area contributed by atoms with Crippen LogP contribution in [0.4, 0.5) is 0 Å². The molecular formula is C9H12N4O. The van der Waals surface area contributed by atoms with Gasteiger partial charge < -0.3 is 4.98 Å². The Kier molecular flexibility index (Phi) is 1.87. The van der Waals surface area contributed by atoms with Gasteiger partial charge in [-0.25, -0.2) is 9.67 Å². The van der Waals surface area contributed by atoms with E-state index in [1.54, 1.807) is 17.8 Å². The Labute approximate surface area is 80.8 Å². The smallest absolute Gasteiger partial charge is 0.262 e. The summed E-state index contributed by atoms with van der Waals surface area (Å²) >= 11 is 0. The van der Waals surface area contributed by atoms with Crippen LogP contribution in [0.1, 0.15) is 25.7 Å². The number of rotatable bonds is 1. The maximum absolute atomic E-state index is 11.5. The van der Waals surface area contributed by atoms with E-state index in [0.29, 0.717) is 16.9 Å². The molecule has 0 saturated heterocycles. The van der Waals surface area contributed by atoms with E-state index in [2.05, 4.69) is 15.1 Å². The van der Waals surface area contributed by atoms with Gasteiger partial charge in [-0.1, -0.05) is 0 Å². The zero-order valence-electron chi connectivity index (χ0n) is 8.40. The summed E-state index contributed by atoms with van der Waals surface area (Å²) in [4.78, 5) is 18.4. The van der Waals surface area contributed by atoms with E-state index in [1.807, 2.05) is 13.8 Å². The molecule has 5 nitrogen and oxygen atoms in total. The number of hydrogen-bond acceptors (Lipinski definition) is 3. The lowest BCUT2D eigenvalue weighted by Crippen LogP contribution is -2.11. The number of nitrogens with zero attached hydrogens (tertiary/aromatic N) is 3. The highest BCUT2D eigenvalue weighted by Crippen LogP contribution is 2.11. The Bertz CT molecular complexity index is 523. The fraction of sp³-hybridized carbons (Fsp3) is 0.444. The Morgan fingerprint density at radius 3 is 2.86 bits per heavy atom. The predicted molar refractivity (Wildman–Crippen MR) is 53.3 cm³/mol. The van der Waals surface area contributed by atoms with Gasteiger partial charge in [0.15, 0.2) is 5.65 Å². The SMILES string of the molecule is Cc1nc2c(cnn2C(C)C)c(=O)[nH]1. The monoisotopic (exact) mass is 192 g/mol. The maximum Gasteiger partial charge on any atom is 0.262 e. The molecule has 1 N–H and O–H groups in total. The topological polar surface area (TPSA) is 63.6 Å². The lowest BCUT2D eigenvalue weighted by molar-refractivity contribution is 0.546. The molecular weight excluding hydrogens is 180 g/mol. The minimum atomic E-state index is -0.126. The maximum atomic E-state index is 11.5. The standard InChI is InChI=1S/C9H12N4O/c1-5(2)13-8-7(4-10-13)9(14)12-6(3)11-8/h4-5H,1-3H3,(H,11,12,14). The van der Waals surface area contributed by atoms with Crippen molar-refractivity contribution >= 4 is 11.0 Å². The van der Waals surface area contributed by atoms with Crippen molar-refractivity contribution in [1.82, 2.24) is 19.7 Å². The first-order chi connectivity index (χ1) is 6.59. The number of fused-ring (bicyclic) bond motifs is 1. The molecule has 0 bridgehead atoms. The van der Waals surface area contributed by atoms with Crippen LogP contribution < -0.4 is 5.56 Å². The van der Waals surface area contributed by atoms with Gasteiger partial charge in [-0.2, -0.15) is 5.10 Å². The lowest BCUT2D eigenvalue weighted by Gasteiger charge is -2.05. The third kappa shape index (κ3) is 1.21. The molecule has 0 saturated carbocycles. The molecule has 5 heteroatoms. The molecule has 2 aromatic rings. The Morgan fingerprint density at radius 1 is 1.50 bits per heavy atom. The van der Waals surface area contributed by atoms with Gasteiger partial charge in [0, 0.05) is 6.04 Å². The number of aryl methyl sites for hydroxylation is 1. The van der Waals surface area contributed by atoms with Crippen LogP contribution in [0.5, 0.6) is 0 Å². The molecule has 0 amide bonds. The molecule has 0 atom stereocenters. The van der Waals surface area contributed by atoms with Crippen molar-refractivity contribution in [1.29, 1.82) is 0 Å². The number of H-pyrrole nitrogens is 1. The van der Waals surface area contributed by atoms with Crippen molar-refractivity contribution in [2.24, 2.45) is 0 Å². The molecule has 74 valence electrons. The van der Waals surface area contributed by atoms with Gasteiger partial charge >= 0.3 is 0 Å². The molecule has 0 unspecified atom stereocenters. The summed E-state index contributed by atoms with van der Waals surface area (Å²) in [6.07, 6.45) is 1.56. The Balaban J connectivity index is 2.85. The molecule has 0 aliphatic carbocycles. The summed E-state index contributed by atoms with van der Waals surface area (Å²) in [7, 11) is 0. The zero-order chi connectivity index (χ0) is 10.3. The average molecular weight is 192 g/mol. The minimum Gasteiger partial charge on any atom is -0.310 e. The highest BCUT2D eigenvalue weighted by Gasteiger charge is 2.09. The van der Waals surface area contributed by atoms with Crippen molar-refractivity contribution < 1.29 is 0 Å². The molecule has 0 aromatic carbocycles. The molecule has 14 heavy (non-hydrogen) atoms. The third-order valence-electron chi connectivity index (χ3n) is 2.07. The van der Waals surface area contributed by atoms with E-state index in [-0.39, 0.29) is 11.6 Å². The Hall–Kier alpha value is -1.65. The molecule has 0 fully saturated rings. The fourth-order valence-electron chi connectivity index (χ4n) is 1.42. The summed E-state index contributed by atoms with van der Waals surface area (Å²) in [5, 5.41) is 4.68. The van der Waals surface area contributed by atoms with Gasteiger partial charge in [-0.15, -0.1) is 0 Å². The number of nitrogens with one attached hydrogen (secondary N) is 1. The van der Waals surface area contributed by atoms with E-state index < -0.39 is 0 Å². The van der Waals surface area contributed by atoms with Crippen LogP contribution in [0.3, 0.4) is 0 Å². The van der Waals surface area contributed by atoms with Crippen LogP contribution >= 0.6 is 0 Å². The van der Waals surface area contributed by atoms with Crippen LogP contribution in [0.25, 0.3) is 11.0 Å². The fourth-order valence-corrected chi connectivity index (χ4v) is 1.42. The van der Waals surface area contributed by atoms with E-state index >= 15 is 0 Å². The van der Waals surface area contributed by atoms with Crippen molar-refractivity contribution in [2.45, 2.75) is 26.8 Å². The van der Waals surface area contributed by atoms with Gasteiger partial charge in [-0.3, -0.25) is 4.79 Å². The second-order valence-corrected chi connectivity index (χ2v) is 3.57. The highest BCUT2D eigenvalue weighted by molar-refractivity contribution is 5.73. The van der Waals surface area contributed by atoms with Gasteiger partial charge in [0.2, 0.25) is 0 Å². The second-order valence-electron chi connectivity index (χ2n) is 3.57. The molecule has 2 rings (SSSR count). The van der Waals surface area contributed by atoms with E-state index in [4.69, 9.17) is 0 Å². The van der Waals surface area contributed by atoms with Gasteiger partial charge in [0.1, 0.15) is 11.2 Å². The quantitative estimate of drug-likeness (QED) is 0.733. The van der Waals surface area contributed by atoms with E-state index in [1.165, 1.54) is 0 Å². The zero-order valence-corrected chi connectivity index (χ0v) is 8.40. The summed E-state index contributed by atoms with van der Waals surface area (Å²) in [5.41, 5.74) is 0.528. The normalized spacial score (nSPS) is 11.4. The first-order valence-corrected chi connectivity index (χ1v) is 4.53. The van der Waals surface area contributed by atoms with Gasteiger partial charge in [0.25, 0.3) is 5.56 Å². The second kappa shape index (κ2) is 2.94. The van der Waals surface area contributed by atoms with Crippen molar-refractivity contribution in [3.05, 3.63) is 22.4 Å². The minimum absolute atomic E-state index is 0.126. The van der Waals surface area contributed by atoms with E-state index in [0.717, 1.165) is 0 Å². The number of hydrogen-bond donors (Lipinski definition) is 1. The summed E-state index contributed by atoms with van der Waals surface area (Å²) < 4.78 is 1.75. The average Bonchev–Trinajstić information content (AvgIpc) is 2.47. The lowest BCUT2D eigenvalue weighted by atomic mass is 10.4. The molecule has 0 aliphatic heterocycles. The largest absolute Gasteiger partial charge is 0.310 e.